The second-order valence-corrected chi connectivity index (χ2v) is 2.47. The van der Waals surface area contributed by atoms with E-state index in [1.54, 1.807) is 0 Å². The fraction of sp³-hybridized carbons (Fsp3) is 0.750. The Balaban J connectivity index is 2.92. The van der Waals surface area contributed by atoms with Crippen LogP contribution in [0.2, 0.25) is 0 Å². The van der Waals surface area contributed by atoms with Crippen molar-refractivity contribution in [3.63, 3.8) is 0 Å². The molecule has 0 aliphatic rings. The summed E-state index contributed by atoms with van der Waals surface area (Å²) >= 11 is 0. The van der Waals surface area contributed by atoms with Gasteiger partial charge in [0, 0.05) is 19.4 Å². The zero-order valence-electron chi connectivity index (χ0n) is 7.46. The third kappa shape index (κ3) is 1.59. The molecule has 0 saturated carbocycles. The van der Waals surface area contributed by atoms with E-state index in [9.17, 15) is 0 Å². The third-order valence-electron chi connectivity index (χ3n) is 1.72. The molecule has 0 bridgehead atoms. The second kappa shape index (κ2) is 3.51. The fourth-order valence-electron chi connectivity index (χ4n) is 1.09. The number of aryl methyl sites for hydroxylation is 3. The zero-order valence-corrected chi connectivity index (χ0v) is 7.46. The van der Waals surface area contributed by atoms with Crippen molar-refractivity contribution in [3.05, 3.63) is 11.6 Å². The maximum atomic E-state index is 4.37. The van der Waals surface area contributed by atoms with Crippen molar-refractivity contribution >= 4 is 0 Å². The molecule has 1 aromatic rings. The van der Waals surface area contributed by atoms with E-state index >= 15 is 0 Å². The summed E-state index contributed by atoms with van der Waals surface area (Å²) < 4.78 is 1.97. The summed E-state index contributed by atoms with van der Waals surface area (Å²) in [6, 6.07) is 0. The topological polar surface area (TPSA) is 30.7 Å². The van der Waals surface area contributed by atoms with Crippen molar-refractivity contribution in [2.75, 3.05) is 0 Å². The molecule has 0 radical (unpaired) electrons. The normalized spacial score (nSPS) is 10.5. The predicted molar refractivity (Wildman–Crippen MR) is 44.5 cm³/mol. The van der Waals surface area contributed by atoms with Gasteiger partial charge >= 0.3 is 0 Å². The molecular weight excluding hydrogens is 138 g/mol. The standard InChI is InChI=1S/C8H15N3/c1-4-7-9-8(5-2)11(6-3)10-7/h4-6H2,1-3H3. The summed E-state index contributed by atoms with van der Waals surface area (Å²) in [5.74, 6) is 2.06. The minimum Gasteiger partial charge on any atom is -0.250 e. The van der Waals surface area contributed by atoms with Gasteiger partial charge in [0.05, 0.1) is 0 Å². The van der Waals surface area contributed by atoms with E-state index in [1.807, 2.05) is 4.68 Å². The van der Waals surface area contributed by atoms with Gasteiger partial charge in [-0.1, -0.05) is 13.8 Å². The lowest BCUT2D eigenvalue weighted by atomic mass is 10.4. The molecule has 0 saturated heterocycles. The van der Waals surface area contributed by atoms with Crippen LogP contribution in [0.5, 0.6) is 0 Å². The van der Waals surface area contributed by atoms with E-state index in [1.165, 1.54) is 0 Å². The molecule has 0 N–H and O–H groups in total. The first kappa shape index (κ1) is 8.24. The summed E-state index contributed by atoms with van der Waals surface area (Å²) in [6.07, 6.45) is 1.90. The van der Waals surface area contributed by atoms with E-state index in [-0.39, 0.29) is 0 Å². The molecule has 0 unspecified atom stereocenters. The van der Waals surface area contributed by atoms with Gasteiger partial charge in [-0.2, -0.15) is 5.10 Å². The lowest BCUT2D eigenvalue weighted by molar-refractivity contribution is 0.614. The Morgan fingerprint density at radius 2 is 1.91 bits per heavy atom. The Morgan fingerprint density at radius 3 is 2.27 bits per heavy atom. The predicted octanol–water partition coefficient (Wildman–Crippen LogP) is 1.42. The van der Waals surface area contributed by atoms with Crippen molar-refractivity contribution < 1.29 is 0 Å². The Morgan fingerprint density at radius 1 is 1.18 bits per heavy atom. The molecule has 62 valence electrons. The van der Waals surface area contributed by atoms with Crippen LogP contribution in [-0.4, -0.2) is 14.8 Å². The number of rotatable bonds is 3. The first-order valence-corrected chi connectivity index (χ1v) is 4.24. The first-order chi connectivity index (χ1) is 5.31. The highest BCUT2D eigenvalue weighted by Gasteiger charge is 2.03. The van der Waals surface area contributed by atoms with Crippen LogP contribution >= 0.6 is 0 Å². The number of hydrogen-bond donors (Lipinski definition) is 0. The van der Waals surface area contributed by atoms with E-state index in [2.05, 4.69) is 30.9 Å². The van der Waals surface area contributed by atoms with Gasteiger partial charge in [0.15, 0.2) is 5.82 Å². The van der Waals surface area contributed by atoms with Gasteiger partial charge in [0.2, 0.25) is 0 Å². The minimum absolute atomic E-state index is 0.927. The SMILES string of the molecule is CCc1nc(CC)n(CC)n1. The van der Waals surface area contributed by atoms with Gasteiger partial charge in [-0.15, -0.1) is 0 Å². The van der Waals surface area contributed by atoms with Crippen LogP contribution in [0.25, 0.3) is 0 Å². The molecule has 0 fully saturated rings. The Labute approximate surface area is 67.4 Å². The Hall–Kier alpha value is -0.860. The highest BCUT2D eigenvalue weighted by Crippen LogP contribution is 1.99. The Kier molecular flexibility index (Phi) is 2.63. The fourth-order valence-corrected chi connectivity index (χ4v) is 1.09. The molecule has 0 aliphatic heterocycles. The molecule has 0 amide bonds. The van der Waals surface area contributed by atoms with Crippen molar-refractivity contribution in [3.8, 4) is 0 Å². The highest BCUT2D eigenvalue weighted by atomic mass is 15.3. The van der Waals surface area contributed by atoms with Crippen LogP contribution in [0.3, 0.4) is 0 Å². The average molecular weight is 153 g/mol. The first-order valence-electron chi connectivity index (χ1n) is 4.24. The molecule has 0 aromatic carbocycles. The summed E-state index contributed by atoms with van der Waals surface area (Å²) in [5.41, 5.74) is 0. The zero-order chi connectivity index (χ0) is 8.27. The summed E-state index contributed by atoms with van der Waals surface area (Å²) in [5, 5.41) is 4.32. The molecular formula is C8H15N3. The van der Waals surface area contributed by atoms with Gasteiger partial charge in [-0.3, -0.25) is 4.68 Å². The molecule has 3 heteroatoms. The quantitative estimate of drug-likeness (QED) is 0.657. The third-order valence-corrected chi connectivity index (χ3v) is 1.72. The largest absolute Gasteiger partial charge is 0.250 e. The van der Waals surface area contributed by atoms with Crippen molar-refractivity contribution in [1.82, 2.24) is 14.8 Å². The maximum absolute atomic E-state index is 4.37. The number of nitrogens with zero attached hydrogens (tertiary/aromatic N) is 3. The minimum atomic E-state index is 0.927. The van der Waals surface area contributed by atoms with E-state index < -0.39 is 0 Å². The smallest absolute Gasteiger partial charge is 0.150 e. The molecule has 1 aromatic heterocycles. The van der Waals surface area contributed by atoms with Crippen molar-refractivity contribution in [2.45, 2.75) is 40.2 Å². The van der Waals surface area contributed by atoms with Gasteiger partial charge in [-0.05, 0) is 6.92 Å². The molecule has 1 rings (SSSR count). The number of hydrogen-bond acceptors (Lipinski definition) is 2. The van der Waals surface area contributed by atoms with Crippen LogP contribution in [0, 0.1) is 0 Å². The lowest BCUT2D eigenvalue weighted by Gasteiger charge is -1.96. The summed E-state index contributed by atoms with van der Waals surface area (Å²) in [4.78, 5) is 4.37. The molecule has 1 heterocycles. The molecule has 11 heavy (non-hydrogen) atoms. The average Bonchev–Trinajstić information content (AvgIpc) is 2.46. The van der Waals surface area contributed by atoms with Gasteiger partial charge in [0.25, 0.3) is 0 Å². The second-order valence-electron chi connectivity index (χ2n) is 2.47. The summed E-state index contributed by atoms with van der Waals surface area (Å²) in [7, 11) is 0. The van der Waals surface area contributed by atoms with E-state index in [0.29, 0.717) is 0 Å². The van der Waals surface area contributed by atoms with Crippen LogP contribution in [0.15, 0.2) is 0 Å². The maximum Gasteiger partial charge on any atom is 0.150 e. The monoisotopic (exact) mass is 153 g/mol. The van der Waals surface area contributed by atoms with Crippen LogP contribution < -0.4 is 0 Å². The van der Waals surface area contributed by atoms with Crippen molar-refractivity contribution in [2.24, 2.45) is 0 Å². The number of aromatic nitrogens is 3. The van der Waals surface area contributed by atoms with Crippen LogP contribution in [-0.2, 0) is 19.4 Å². The molecule has 0 spiro atoms. The lowest BCUT2D eigenvalue weighted by Crippen LogP contribution is -2.01. The summed E-state index contributed by atoms with van der Waals surface area (Å²) in [6.45, 7) is 7.20. The van der Waals surface area contributed by atoms with Crippen LogP contribution in [0.1, 0.15) is 32.4 Å². The van der Waals surface area contributed by atoms with Crippen molar-refractivity contribution in [1.29, 1.82) is 0 Å². The van der Waals surface area contributed by atoms with Gasteiger partial charge in [0.1, 0.15) is 5.82 Å². The van der Waals surface area contributed by atoms with Crippen LogP contribution in [0.4, 0.5) is 0 Å². The van der Waals surface area contributed by atoms with E-state index in [4.69, 9.17) is 0 Å². The molecule has 3 nitrogen and oxygen atoms in total. The Bertz CT molecular complexity index is 206. The molecule has 0 aliphatic carbocycles. The van der Waals surface area contributed by atoms with Gasteiger partial charge < -0.3 is 0 Å². The highest BCUT2D eigenvalue weighted by molar-refractivity contribution is 4.92. The van der Waals surface area contributed by atoms with E-state index in [0.717, 1.165) is 31.0 Å². The molecule has 0 atom stereocenters. The van der Waals surface area contributed by atoms with Gasteiger partial charge in [-0.25, -0.2) is 4.98 Å².